The molecule has 2 unspecified atom stereocenters. The number of methoxy groups -OCH3 is 1. The normalized spacial score (nSPS) is 19.5. The third kappa shape index (κ3) is 5.05. The number of rotatable bonds is 4. The Morgan fingerprint density at radius 3 is 2.32 bits per heavy atom. The van der Waals surface area contributed by atoms with E-state index in [4.69, 9.17) is 4.74 Å². The third-order valence-electron chi connectivity index (χ3n) is 7.35. The van der Waals surface area contributed by atoms with E-state index < -0.39 is 23.6 Å². The monoisotopic (exact) mass is 508 g/mol. The minimum absolute atomic E-state index is 0.137. The van der Waals surface area contributed by atoms with E-state index in [9.17, 15) is 22.8 Å². The van der Waals surface area contributed by atoms with Crippen molar-refractivity contribution >= 4 is 11.8 Å². The number of nitrogens with zero attached hydrogens (tertiary/aromatic N) is 2. The van der Waals surface area contributed by atoms with Gasteiger partial charge in [0, 0.05) is 37.7 Å². The molecule has 0 radical (unpaired) electrons. The second kappa shape index (κ2) is 9.92. The molecule has 0 spiro atoms. The summed E-state index contributed by atoms with van der Waals surface area (Å²) in [4.78, 5) is 30.5. The van der Waals surface area contributed by atoms with Crippen LogP contribution in [0.1, 0.15) is 38.5 Å². The lowest BCUT2D eigenvalue weighted by molar-refractivity contribution is -0.137. The fourth-order valence-corrected chi connectivity index (χ4v) is 5.34. The average molecular weight is 509 g/mol. The van der Waals surface area contributed by atoms with E-state index in [1.54, 1.807) is 40.1 Å². The van der Waals surface area contributed by atoms with Gasteiger partial charge in [-0.25, -0.2) is 0 Å². The number of likely N-dealkylation sites (tertiary alicyclic amines) is 1. The lowest BCUT2D eigenvalue weighted by Gasteiger charge is -2.32. The molecule has 0 N–H and O–H groups in total. The zero-order valence-corrected chi connectivity index (χ0v) is 20.4. The van der Waals surface area contributed by atoms with Crippen LogP contribution in [0, 0.1) is 5.92 Å². The number of carbonyl (C=O) groups excluding carboxylic acids is 2. The molecule has 3 aromatic rings. The van der Waals surface area contributed by atoms with Crippen molar-refractivity contribution < 1.29 is 27.5 Å². The fraction of sp³-hybridized carbons (Fsp3) is 0.310. The maximum Gasteiger partial charge on any atom is 0.416 e. The molecule has 2 aliphatic rings. The van der Waals surface area contributed by atoms with E-state index in [0.717, 1.165) is 24.1 Å². The molecular weight excluding hydrogens is 481 g/mol. The van der Waals surface area contributed by atoms with Crippen LogP contribution in [0.3, 0.4) is 0 Å². The summed E-state index contributed by atoms with van der Waals surface area (Å²) in [5.74, 6) is -0.982. The molecule has 2 aliphatic heterocycles. The molecule has 37 heavy (non-hydrogen) atoms. The van der Waals surface area contributed by atoms with Crippen LogP contribution in [-0.2, 0) is 23.9 Å². The van der Waals surface area contributed by atoms with Gasteiger partial charge in [0.1, 0.15) is 5.75 Å². The quantitative estimate of drug-likeness (QED) is 0.490. The maximum absolute atomic E-state index is 13.8. The topological polar surface area (TPSA) is 49.9 Å². The summed E-state index contributed by atoms with van der Waals surface area (Å²) in [7, 11) is 1.53. The first-order chi connectivity index (χ1) is 17.7. The smallest absolute Gasteiger partial charge is 0.416 e. The second-order valence-corrected chi connectivity index (χ2v) is 9.55. The van der Waals surface area contributed by atoms with Gasteiger partial charge in [-0.3, -0.25) is 9.59 Å². The van der Waals surface area contributed by atoms with Crippen LogP contribution < -0.4 is 4.74 Å². The molecule has 2 atom stereocenters. The van der Waals surface area contributed by atoms with Gasteiger partial charge in [-0.1, -0.05) is 42.5 Å². The number of hydrogen-bond donors (Lipinski definition) is 0. The van der Waals surface area contributed by atoms with Crippen LogP contribution in [0.5, 0.6) is 5.75 Å². The molecule has 0 saturated carbocycles. The Morgan fingerprint density at radius 1 is 0.892 bits per heavy atom. The highest BCUT2D eigenvalue weighted by Crippen LogP contribution is 2.38. The SMILES string of the molecule is COc1ccc(C(=O)N2CC(C(=O)N3CCc4ccccc4C3)C(c3cccc(C(F)(F)F)c3)C2)cc1. The molecule has 2 heterocycles. The van der Waals surface area contributed by atoms with Crippen molar-refractivity contribution in [1.29, 1.82) is 0 Å². The molecule has 0 aliphatic carbocycles. The molecule has 2 amide bonds. The number of benzene rings is 3. The zero-order valence-electron chi connectivity index (χ0n) is 20.4. The number of fused-ring (bicyclic) bond motifs is 1. The number of ether oxygens (including phenoxy) is 1. The van der Waals surface area contributed by atoms with Gasteiger partial charge in [0.05, 0.1) is 18.6 Å². The highest BCUT2D eigenvalue weighted by molar-refractivity contribution is 5.95. The van der Waals surface area contributed by atoms with Crippen LogP contribution in [-0.4, -0.2) is 48.4 Å². The van der Waals surface area contributed by atoms with Gasteiger partial charge >= 0.3 is 6.18 Å². The van der Waals surface area contributed by atoms with Crippen molar-refractivity contribution in [3.8, 4) is 5.75 Å². The maximum atomic E-state index is 13.8. The Morgan fingerprint density at radius 2 is 1.62 bits per heavy atom. The van der Waals surface area contributed by atoms with Crippen molar-refractivity contribution in [1.82, 2.24) is 9.80 Å². The Kier molecular flexibility index (Phi) is 6.67. The van der Waals surface area contributed by atoms with Gasteiger partial charge < -0.3 is 14.5 Å². The minimum atomic E-state index is -4.50. The molecular formula is C29H27F3N2O3. The van der Waals surface area contributed by atoms with Gasteiger partial charge in [-0.2, -0.15) is 13.2 Å². The predicted octanol–water partition coefficient (Wildman–Crippen LogP) is 5.15. The molecule has 0 bridgehead atoms. The molecule has 5 nitrogen and oxygen atoms in total. The predicted molar refractivity (Wildman–Crippen MR) is 132 cm³/mol. The summed E-state index contributed by atoms with van der Waals surface area (Å²) in [5.41, 5.74) is 2.35. The summed E-state index contributed by atoms with van der Waals surface area (Å²) < 4.78 is 45.6. The van der Waals surface area contributed by atoms with E-state index in [1.807, 2.05) is 24.3 Å². The van der Waals surface area contributed by atoms with E-state index in [0.29, 0.717) is 30.0 Å². The summed E-state index contributed by atoms with van der Waals surface area (Å²) in [6, 6.07) is 19.7. The molecule has 1 fully saturated rings. The standard InChI is InChI=1S/C29H27F3N2O3/c1-37-24-11-9-20(10-12-24)27(35)34-17-25(21-7-4-8-23(15-21)29(30,31)32)26(18-34)28(36)33-14-13-19-5-2-3-6-22(19)16-33/h2-12,15,25-26H,13-14,16-18H2,1H3. The summed E-state index contributed by atoms with van der Waals surface area (Å²) in [6.07, 6.45) is -3.78. The number of hydrogen-bond acceptors (Lipinski definition) is 3. The van der Waals surface area contributed by atoms with E-state index in [2.05, 4.69) is 0 Å². The van der Waals surface area contributed by atoms with Gasteiger partial charge in [-0.15, -0.1) is 0 Å². The van der Waals surface area contributed by atoms with Crippen molar-refractivity contribution in [3.63, 3.8) is 0 Å². The second-order valence-electron chi connectivity index (χ2n) is 9.55. The number of carbonyl (C=O) groups is 2. The molecule has 1 saturated heterocycles. The minimum Gasteiger partial charge on any atom is -0.497 e. The third-order valence-corrected chi connectivity index (χ3v) is 7.35. The van der Waals surface area contributed by atoms with Crippen LogP contribution in [0.25, 0.3) is 0 Å². The van der Waals surface area contributed by atoms with Crippen LogP contribution in [0.4, 0.5) is 13.2 Å². The Balaban J connectivity index is 1.44. The molecule has 3 aromatic carbocycles. The van der Waals surface area contributed by atoms with Crippen molar-refractivity contribution in [3.05, 3.63) is 101 Å². The van der Waals surface area contributed by atoms with Gasteiger partial charge in [0.25, 0.3) is 5.91 Å². The first kappa shape index (κ1) is 24.9. The Hall–Kier alpha value is -3.81. The van der Waals surface area contributed by atoms with Crippen LogP contribution >= 0.6 is 0 Å². The zero-order chi connectivity index (χ0) is 26.2. The van der Waals surface area contributed by atoms with Gasteiger partial charge in [0.2, 0.25) is 5.91 Å². The van der Waals surface area contributed by atoms with Crippen molar-refractivity contribution in [2.24, 2.45) is 5.92 Å². The lowest BCUT2D eigenvalue weighted by atomic mass is 9.86. The van der Waals surface area contributed by atoms with E-state index in [1.165, 1.54) is 18.7 Å². The number of halogens is 3. The van der Waals surface area contributed by atoms with Crippen LogP contribution in [0.15, 0.2) is 72.8 Å². The molecule has 192 valence electrons. The van der Waals surface area contributed by atoms with Crippen molar-refractivity contribution in [2.45, 2.75) is 25.1 Å². The first-order valence-corrected chi connectivity index (χ1v) is 12.2. The first-order valence-electron chi connectivity index (χ1n) is 12.2. The molecule has 5 rings (SSSR count). The van der Waals surface area contributed by atoms with Crippen molar-refractivity contribution in [2.75, 3.05) is 26.7 Å². The highest BCUT2D eigenvalue weighted by Gasteiger charge is 2.43. The van der Waals surface area contributed by atoms with Crippen LogP contribution in [0.2, 0.25) is 0 Å². The summed E-state index contributed by atoms with van der Waals surface area (Å²) >= 11 is 0. The lowest BCUT2D eigenvalue weighted by Crippen LogP contribution is -2.42. The Labute approximate surface area is 213 Å². The number of amides is 2. The van der Waals surface area contributed by atoms with E-state index >= 15 is 0 Å². The molecule has 8 heteroatoms. The van der Waals surface area contributed by atoms with E-state index in [-0.39, 0.29) is 24.9 Å². The van der Waals surface area contributed by atoms with Gasteiger partial charge in [-0.05, 0) is 53.4 Å². The fourth-order valence-electron chi connectivity index (χ4n) is 5.34. The number of alkyl halides is 3. The summed E-state index contributed by atoms with van der Waals surface area (Å²) in [5, 5.41) is 0. The largest absolute Gasteiger partial charge is 0.497 e. The molecule has 0 aromatic heterocycles. The highest BCUT2D eigenvalue weighted by atomic mass is 19.4. The Bertz CT molecular complexity index is 1310. The van der Waals surface area contributed by atoms with Gasteiger partial charge in [0.15, 0.2) is 0 Å². The average Bonchev–Trinajstić information content (AvgIpc) is 3.37. The summed E-state index contributed by atoms with van der Waals surface area (Å²) in [6.45, 7) is 1.29.